The fourth-order valence-corrected chi connectivity index (χ4v) is 3.80. The van der Waals surface area contributed by atoms with Crippen molar-refractivity contribution in [1.82, 2.24) is 5.43 Å². The molecule has 1 fully saturated rings. The first-order valence-corrected chi connectivity index (χ1v) is 8.92. The fraction of sp³-hybridized carbons (Fsp3) is 0.529. The van der Waals surface area contributed by atoms with Gasteiger partial charge < -0.3 is 4.74 Å². The standard InChI is InChI=1S/C17H23N3OS/c1-12-6-3-4-9-15(12)18-17-20-19-16(11-22-17)13-7-5-8-14(10-13)21-2/h5,7-8,10,12,15H,3-4,6,9,11H2,1-2H3,(H,18,20)/t12-,15+/m1/s1. The molecule has 2 aliphatic rings. The van der Waals surface area contributed by atoms with Crippen molar-refractivity contribution in [3.8, 4) is 5.75 Å². The molecular formula is C17H23N3OS. The number of thioether (sulfide) groups is 1. The predicted molar refractivity (Wildman–Crippen MR) is 94.0 cm³/mol. The third kappa shape index (κ3) is 3.64. The van der Waals surface area contributed by atoms with Gasteiger partial charge in [0.05, 0.1) is 18.9 Å². The van der Waals surface area contributed by atoms with Crippen LogP contribution >= 0.6 is 11.8 Å². The van der Waals surface area contributed by atoms with Crippen molar-refractivity contribution in [3.05, 3.63) is 29.8 Å². The fourth-order valence-electron chi connectivity index (χ4n) is 2.97. The summed E-state index contributed by atoms with van der Waals surface area (Å²) in [5.74, 6) is 2.40. The molecule has 1 aliphatic heterocycles. The number of amidine groups is 1. The Morgan fingerprint density at radius 1 is 1.32 bits per heavy atom. The van der Waals surface area contributed by atoms with E-state index >= 15 is 0 Å². The highest BCUT2D eigenvalue weighted by Gasteiger charge is 2.22. The molecule has 0 aromatic heterocycles. The summed E-state index contributed by atoms with van der Waals surface area (Å²) in [6, 6.07) is 8.48. The van der Waals surface area contributed by atoms with Crippen LogP contribution in [0.3, 0.4) is 0 Å². The van der Waals surface area contributed by atoms with Gasteiger partial charge in [0.2, 0.25) is 0 Å². The molecule has 5 heteroatoms. The molecule has 3 rings (SSSR count). The summed E-state index contributed by atoms with van der Waals surface area (Å²) in [7, 11) is 1.69. The summed E-state index contributed by atoms with van der Waals surface area (Å²) in [4.78, 5) is 4.87. The van der Waals surface area contributed by atoms with Gasteiger partial charge >= 0.3 is 0 Å². The van der Waals surface area contributed by atoms with E-state index in [9.17, 15) is 0 Å². The average Bonchev–Trinajstić information content (AvgIpc) is 2.58. The molecule has 1 aromatic carbocycles. The maximum atomic E-state index is 5.27. The number of benzene rings is 1. The van der Waals surface area contributed by atoms with E-state index in [0.29, 0.717) is 12.0 Å². The van der Waals surface area contributed by atoms with E-state index in [1.54, 1.807) is 18.9 Å². The number of hydrogen-bond acceptors (Lipinski definition) is 4. The van der Waals surface area contributed by atoms with Gasteiger partial charge in [-0.05, 0) is 30.9 Å². The first-order chi connectivity index (χ1) is 10.8. The maximum absolute atomic E-state index is 5.27. The van der Waals surface area contributed by atoms with Crippen LogP contribution in [0.2, 0.25) is 0 Å². The van der Waals surface area contributed by atoms with Crippen molar-refractivity contribution in [2.24, 2.45) is 16.0 Å². The van der Waals surface area contributed by atoms with Crippen molar-refractivity contribution in [2.75, 3.05) is 12.9 Å². The summed E-state index contributed by atoms with van der Waals surface area (Å²) >= 11 is 1.74. The molecule has 1 N–H and O–H groups in total. The van der Waals surface area contributed by atoms with Gasteiger partial charge in [-0.3, -0.25) is 10.4 Å². The molecule has 0 radical (unpaired) electrons. The van der Waals surface area contributed by atoms with Gasteiger partial charge in [-0.2, -0.15) is 5.10 Å². The van der Waals surface area contributed by atoms with E-state index in [1.165, 1.54) is 25.7 Å². The van der Waals surface area contributed by atoms with Crippen LogP contribution in [-0.2, 0) is 0 Å². The van der Waals surface area contributed by atoms with Crippen LogP contribution in [0.15, 0.2) is 34.4 Å². The third-order valence-electron chi connectivity index (χ3n) is 4.38. The van der Waals surface area contributed by atoms with Gasteiger partial charge in [0.1, 0.15) is 5.75 Å². The van der Waals surface area contributed by atoms with Crippen LogP contribution < -0.4 is 10.2 Å². The number of methoxy groups -OCH3 is 1. The number of nitrogens with zero attached hydrogens (tertiary/aromatic N) is 2. The van der Waals surface area contributed by atoms with Crippen LogP contribution in [0, 0.1) is 5.92 Å². The molecule has 1 aromatic rings. The lowest BCUT2D eigenvalue weighted by Gasteiger charge is -2.26. The van der Waals surface area contributed by atoms with Gasteiger partial charge in [0.15, 0.2) is 5.17 Å². The zero-order chi connectivity index (χ0) is 15.4. The number of hydrazone groups is 1. The third-order valence-corrected chi connectivity index (χ3v) is 5.27. The monoisotopic (exact) mass is 317 g/mol. The number of aliphatic imine (C=N–C) groups is 1. The highest BCUT2D eigenvalue weighted by Crippen LogP contribution is 2.27. The molecule has 22 heavy (non-hydrogen) atoms. The minimum absolute atomic E-state index is 0.456. The van der Waals surface area contributed by atoms with Gasteiger partial charge in [0.25, 0.3) is 0 Å². The van der Waals surface area contributed by atoms with Gasteiger partial charge in [0, 0.05) is 11.3 Å². The predicted octanol–water partition coefficient (Wildman–Crippen LogP) is 3.67. The number of nitrogens with one attached hydrogen (secondary N) is 1. The Hall–Kier alpha value is -1.49. The summed E-state index contributed by atoms with van der Waals surface area (Å²) in [6.07, 6.45) is 5.15. The minimum atomic E-state index is 0.456. The summed E-state index contributed by atoms with van der Waals surface area (Å²) < 4.78 is 5.27. The first kappa shape index (κ1) is 15.4. The van der Waals surface area contributed by atoms with E-state index in [2.05, 4.69) is 23.5 Å². The summed E-state index contributed by atoms with van der Waals surface area (Å²) in [5, 5.41) is 5.47. The van der Waals surface area contributed by atoms with Crippen LogP contribution in [-0.4, -0.2) is 29.8 Å². The number of rotatable bonds is 3. The van der Waals surface area contributed by atoms with Gasteiger partial charge in [-0.15, -0.1) is 0 Å². The van der Waals surface area contributed by atoms with Crippen LogP contribution in [0.4, 0.5) is 0 Å². The molecule has 2 atom stereocenters. The number of ether oxygens (including phenoxy) is 1. The lowest BCUT2D eigenvalue weighted by atomic mass is 9.86. The van der Waals surface area contributed by atoms with Crippen LogP contribution in [0.25, 0.3) is 0 Å². The van der Waals surface area contributed by atoms with Gasteiger partial charge in [-0.1, -0.05) is 43.7 Å². The van der Waals surface area contributed by atoms with Crippen molar-refractivity contribution < 1.29 is 4.74 Å². The van der Waals surface area contributed by atoms with Crippen molar-refractivity contribution >= 4 is 22.6 Å². The smallest absolute Gasteiger partial charge is 0.177 e. The summed E-state index contributed by atoms with van der Waals surface area (Å²) in [6.45, 7) is 2.31. The van der Waals surface area contributed by atoms with Crippen molar-refractivity contribution in [2.45, 2.75) is 38.6 Å². The van der Waals surface area contributed by atoms with E-state index in [4.69, 9.17) is 9.73 Å². The first-order valence-electron chi connectivity index (χ1n) is 7.94. The SMILES string of the molecule is COc1cccc(C2=NNC(=N[C@H]3CCCC[C@H]3C)SC2)c1. The highest BCUT2D eigenvalue weighted by atomic mass is 32.2. The quantitative estimate of drug-likeness (QED) is 0.925. The molecule has 0 amide bonds. The molecule has 0 bridgehead atoms. The van der Waals surface area contributed by atoms with Crippen molar-refractivity contribution in [1.29, 1.82) is 0 Å². The van der Waals surface area contributed by atoms with E-state index in [0.717, 1.165) is 27.9 Å². The Balaban J connectivity index is 1.68. The van der Waals surface area contributed by atoms with Crippen molar-refractivity contribution in [3.63, 3.8) is 0 Å². The molecule has 4 nitrogen and oxygen atoms in total. The molecule has 1 saturated carbocycles. The second-order valence-corrected chi connectivity index (χ2v) is 6.92. The molecule has 118 valence electrons. The van der Waals surface area contributed by atoms with Gasteiger partial charge in [-0.25, -0.2) is 0 Å². The lowest BCUT2D eigenvalue weighted by Crippen LogP contribution is -2.29. The Labute approximate surface area is 136 Å². The Morgan fingerprint density at radius 2 is 2.18 bits per heavy atom. The van der Waals surface area contributed by atoms with E-state index < -0.39 is 0 Å². The summed E-state index contributed by atoms with van der Waals surface area (Å²) in [5.41, 5.74) is 5.28. The Bertz CT molecular complexity index is 585. The average molecular weight is 317 g/mol. The van der Waals surface area contributed by atoms with E-state index in [-0.39, 0.29) is 0 Å². The largest absolute Gasteiger partial charge is 0.497 e. The second kappa shape index (κ2) is 7.18. The Kier molecular flexibility index (Phi) is 5.03. The Morgan fingerprint density at radius 3 is 2.91 bits per heavy atom. The molecule has 1 heterocycles. The zero-order valence-electron chi connectivity index (χ0n) is 13.2. The molecule has 1 aliphatic carbocycles. The second-order valence-electron chi connectivity index (χ2n) is 5.95. The maximum Gasteiger partial charge on any atom is 0.177 e. The molecular weight excluding hydrogens is 294 g/mol. The number of hydrogen-bond donors (Lipinski definition) is 1. The molecule has 0 saturated heterocycles. The lowest BCUT2D eigenvalue weighted by molar-refractivity contribution is 0.333. The topological polar surface area (TPSA) is 46.0 Å². The van der Waals surface area contributed by atoms with Crippen LogP contribution in [0.5, 0.6) is 5.75 Å². The zero-order valence-corrected chi connectivity index (χ0v) is 14.0. The molecule has 0 unspecified atom stereocenters. The normalized spacial score (nSPS) is 27.2. The highest BCUT2D eigenvalue weighted by molar-refractivity contribution is 8.14. The minimum Gasteiger partial charge on any atom is -0.497 e. The molecule has 0 spiro atoms. The van der Waals surface area contributed by atoms with Crippen LogP contribution in [0.1, 0.15) is 38.2 Å². The van der Waals surface area contributed by atoms with E-state index in [1.807, 2.05) is 18.2 Å².